The Kier molecular flexibility index (Phi) is 11.3. The van der Waals surface area contributed by atoms with Gasteiger partial charge in [-0.2, -0.15) is 0 Å². The summed E-state index contributed by atoms with van der Waals surface area (Å²) in [6.07, 6.45) is 5.26. The van der Waals surface area contributed by atoms with Crippen LogP contribution in [-0.2, 0) is 32.1 Å². The van der Waals surface area contributed by atoms with E-state index in [1.54, 1.807) is 26.2 Å². The van der Waals surface area contributed by atoms with E-state index < -0.39 is 36.0 Å². The monoisotopic (exact) mass is 826 g/mol. The van der Waals surface area contributed by atoms with Crippen molar-refractivity contribution in [1.82, 2.24) is 20.2 Å². The van der Waals surface area contributed by atoms with Crippen molar-refractivity contribution in [3.63, 3.8) is 0 Å². The number of hydrogen-bond acceptors (Lipinski definition) is 9. The second-order valence-electron chi connectivity index (χ2n) is 15.1. The number of oxazole rings is 1. The predicted molar refractivity (Wildman–Crippen MR) is 223 cm³/mol. The second kappa shape index (κ2) is 16.9. The number of fused-ring (bicyclic) bond motifs is 1. The lowest BCUT2D eigenvalue weighted by atomic mass is 9.87. The summed E-state index contributed by atoms with van der Waals surface area (Å²) in [7, 11) is 0. The first-order chi connectivity index (χ1) is 28.9. The number of carboxylic acids is 1. The van der Waals surface area contributed by atoms with Gasteiger partial charge in [0.2, 0.25) is 5.91 Å². The van der Waals surface area contributed by atoms with E-state index in [-0.39, 0.29) is 25.1 Å². The first kappa shape index (κ1) is 40.1. The number of aromatic nitrogens is 2. The molecule has 0 fully saturated rings. The van der Waals surface area contributed by atoms with Crippen LogP contribution in [0.2, 0.25) is 5.02 Å². The van der Waals surface area contributed by atoms with Crippen LogP contribution in [0.15, 0.2) is 124 Å². The number of hydrogen-bond donors (Lipinski definition) is 2. The van der Waals surface area contributed by atoms with Crippen molar-refractivity contribution in [1.29, 1.82) is 0 Å². The fourth-order valence-electron chi connectivity index (χ4n) is 7.65. The van der Waals surface area contributed by atoms with Crippen LogP contribution in [0.1, 0.15) is 69.0 Å². The number of nitrogens with one attached hydrogen (secondary N) is 1. The molecule has 2 aliphatic heterocycles. The average Bonchev–Trinajstić information content (AvgIpc) is 3.59. The fourth-order valence-corrected chi connectivity index (χ4v) is 7.84. The van der Waals surface area contributed by atoms with Crippen molar-refractivity contribution in [2.24, 2.45) is 0 Å². The Morgan fingerprint density at radius 2 is 1.75 bits per heavy atom. The van der Waals surface area contributed by atoms with Crippen LogP contribution in [0, 0.1) is 27.7 Å². The number of benzene rings is 3. The summed E-state index contributed by atoms with van der Waals surface area (Å²) in [6, 6.07) is 22.3. The van der Waals surface area contributed by atoms with Crippen molar-refractivity contribution in [2.45, 2.75) is 71.8 Å². The summed E-state index contributed by atoms with van der Waals surface area (Å²) in [6.45, 7) is 7.83. The molecule has 0 spiro atoms. The molecular weight excluding hydrogens is 784 g/mol. The maximum absolute atomic E-state index is 14.2. The van der Waals surface area contributed by atoms with Gasteiger partial charge in [-0.25, -0.2) is 9.78 Å². The number of aliphatic carboxylic acids is 1. The first-order valence-electron chi connectivity index (χ1n) is 19.6. The van der Waals surface area contributed by atoms with Gasteiger partial charge in [-0.3, -0.25) is 14.6 Å². The number of aryl methyl sites for hydroxylation is 3. The summed E-state index contributed by atoms with van der Waals surface area (Å²) in [5.41, 5.74) is 8.11. The van der Waals surface area contributed by atoms with Crippen LogP contribution >= 0.6 is 11.6 Å². The van der Waals surface area contributed by atoms with Crippen LogP contribution in [-0.4, -0.2) is 56.4 Å². The number of carbonyl (C=O) groups is 3. The SMILES string of the molecule is Cc1nc(C(=O)N2C=C3CC4=C(C=C3C[C@H]2C(=O)N[C@@H](Cc2ccc(-c3ccnc(C)c3C)cc2)C(=O)O)OC[C@H](c2ccc(OCc3ccccc3Cl)cc2)O4)c(C)o1. The third-order valence-corrected chi connectivity index (χ3v) is 11.5. The third-order valence-electron chi connectivity index (χ3n) is 11.1. The largest absolute Gasteiger partial charge is 0.489 e. The fraction of sp³-hybridized carbons (Fsp3) is 0.255. The van der Waals surface area contributed by atoms with Crippen molar-refractivity contribution >= 4 is 29.4 Å². The minimum atomic E-state index is -1.27. The first-order valence-corrected chi connectivity index (χ1v) is 20.0. The molecule has 13 heteroatoms. The van der Waals surface area contributed by atoms with E-state index in [2.05, 4.69) is 15.3 Å². The van der Waals surface area contributed by atoms with E-state index in [1.165, 1.54) is 4.90 Å². The maximum Gasteiger partial charge on any atom is 0.326 e. The molecule has 3 aliphatic rings. The van der Waals surface area contributed by atoms with Crippen molar-refractivity contribution in [3.05, 3.63) is 170 Å². The molecule has 8 rings (SSSR count). The zero-order valence-corrected chi connectivity index (χ0v) is 34.3. The zero-order valence-electron chi connectivity index (χ0n) is 33.5. The van der Waals surface area contributed by atoms with Crippen molar-refractivity contribution in [2.75, 3.05) is 6.61 Å². The number of halogens is 1. The van der Waals surface area contributed by atoms with E-state index in [0.29, 0.717) is 47.0 Å². The average molecular weight is 827 g/mol. The molecule has 12 nitrogen and oxygen atoms in total. The van der Waals surface area contributed by atoms with Crippen LogP contribution in [0.4, 0.5) is 0 Å². The standard InChI is InChI=1S/C47H43ClN4O8/c1-26-27(2)49-18-17-37(26)31-11-9-30(10-12-31)19-39(47(55)56)51-45(53)40-20-34-21-41-42(22-35(34)23-52(40)46(54)44-28(3)59-29(4)50-44)60-43(25-58-41)32-13-15-36(16-14-32)57-24-33-7-5-6-8-38(33)48/h5-18,21,23,39-40,43H,19-20,22,24-25H2,1-4H3,(H,51,53)(H,55,56)/t39-,40-,43+/m0/s1. The Morgan fingerprint density at radius 3 is 2.47 bits per heavy atom. The number of allylic oxidation sites excluding steroid dienone is 2. The molecule has 2 N–H and O–H groups in total. The molecule has 4 heterocycles. The minimum Gasteiger partial charge on any atom is -0.489 e. The summed E-state index contributed by atoms with van der Waals surface area (Å²) >= 11 is 6.29. The van der Waals surface area contributed by atoms with Gasteiger partial charge in [0, 0.05) is 54.9 Å². The van der Waals surface area contributed by atoms with Gasteiger partial charge in [0.1, 0.15) is 42.6 Å². The van der Waals surface area contributed by atoms with Gasteiger partial charge in [-0.05, 0) is 90.1 Å². The minimum absolute atomic E-state index is 0.0304. The summed E-state index contributed by atoms with van der Waals surface area (Å²) in [5, 5.41) is 13.7. The topological polar surface area (TPSA) is 153 Å². The Morgan fingerprint density at radius 1 is 0.983 bits per heavy atom. The molecule has 306 valence electrons. The number of rotatable bonds is 11. The zero-order chi connectivity index (χ0) is 42.1. The van der Waals surface area contributed by atoms with Crippen LogP contribution in [0.25, 0.3) is 11.1 Å². The Hall–Kier alpha value is -6.66. The lowest BCUT2D eigenvalue weighted by Gasteiger charge is -2.38. The molecule has 2 aromatic heterocycles. The normalized spacial score (nSPS) is 17.6. The van der Waals surface area contributed by atoms with E-state index in [1.807, 2.05) is 98.8 Å². The summed E-state index contributed by atoms with van der Waals surface area (Å²) in [4.78, 5) is 51.0. The molecule has 2 amide bonds. The molecule has 60 heavy (non-hydrogen) atoms. The van der Waals surface area contributed by atoms with Gasteiger partial charge in [0.15, 0.2) is 23.4 Å². The van der Waals surface area contributed by atoms with E-state index in [0.717, 1.165) is 50.2 Å². The Balaban J connectivity index is 0.996. The molecule has 3 aromatic carbocycles. The predicted octanol–water partition coefficient (Wildman–Crippen LogP) is 8.44. The van der Waals surface area contributed by atoms with Crippen LogP contribution < -0.4 is 10.1 Å². The number of carbonyl (C=O) groups excluding carboxylic acids is 2. The molecule has 0 saturated carbocycles. The highest BCUT2D eigenvalue weighted by atomic mass is 35.5. The van der Waals surface area contributed by atoms with Crippen LogP contribution in [0.5, 0.6) is 5.75 Å². The smallest absolute Gasteiger partial charge is 0.326 e. The van der Waals surface area contributed by atoms with Gasteiger partial charge in [-0.15, -0.1) is 0 Å². The molecule has 0 saturated heterocycles. The molecular formula is C47H43ClN4O8. The molecule has 0 unspecified atom stereocenters. The van der Waals surface area contributed by atoms with Gasteiger partial charge in [-0.1, -0.05) is 66.2 Å². The Bertz CT molecular complexity index is 2580. The molecule has 0 bridgehead atoms. The van der Waals surface area contributed by atoms with Crippen molar-refractivity contribution < 1.29 is 38.1 Å². The molecule has 3 atom stereocenters. The van der Waals surface area contributed by atoms with E-state index in [4.69, 9.17) is 30.2 Å². The second-order valence-corrected chi connectivity index (χ2v) is 15.5. The van der Waals surface area contributed by atoms with Gasteiger partial charge in [0.25, 0.3) is 5.91 Å². The quantitative estimate of drug-likeness (QED) is 0.133. The lowest BCUT2D eigenvalue weighted by molar-refractivity contribution is -0.142. The molecule has 5 aromatic rings. The maximum atomic E-state index is 14.2. The summed E-state index contributed by atoms with van der Waals surface area (Å²) < 4.78 is 24.3. The van der Waals surface area contributed by atoms with Gasteiger partial charge >= 0.3 is 5.97 Å². The number of pyridine rings is 1. The van der Waals surface area contributed by atoms with Gasteiger partial charge < -0.3 is 34.0 Å². The van der Waals surface area contributed by atoms with Crippen molar-refractivity contribution in [3.8, 4) is 16.9 Å². The van der Waals surface area contributed by atoms with Gasteiger partial charge in [0.05, 0.1) is 0 Å². The molecule has 0 radical (unpaired) electrons. The highest BCUT2D eigenvalue weighted by Crippen LogP contribution is 2.42. The number of nitrogens with zero attached hydrogens (tertiary/aromatic N) is 3. The Labute approximate surface area is 352 Å². The van der Waals surface area contributed by atoms with E-state index >= 15 is 0 Å². The highest BCUT2D eigenvalue weighted by molar-refractivity contribution is 6.31. The number of ether oxygens (including phenoxy) is 3. The number of carboxylic acid groups (broad SMARTS) is 1. The number of amides is 2. The van der Waals surface area contributed by atoms with Crippen LogP contribution in [0.3, 0.4) is 0 Å². The highest BCUT2D eigenvalue weighted by Gasteiger charge is 2.40. The lowest BCUT2D eigenvalue weighted by Crippen LogP contribution is -2.53. The summed E-state index contributed by atoms with van der Waals surface area (Å²) in [5.74, 6) is 0.0678. The third kappa shape index (κ3) is 8.42. The molecule has 1 aliphatic carbocycles. The van der Waals surface area contributed by atoms with E-state index in [9.17, 15) is 19.5 Å².